The zero-order valence-electron chi connectivity index (χ0n) is 49.7. The lowest BCUT2D eigenvalue weighted by Crippen LogP contribution is -2.06. The van der Waals surface area contributed by atoms with Crippen LogP contribution in [0.5, 0.6) is 0 Å². The second-order valence-electron chi connectivity index (χ2n) is 23.3. The van der Waals surface area contributed by atoms with Crippen molar-refractivity contribution in [3.8, 4) is 55.9 Å². The molecule has 2 aliphatic carbocycles. The highest BCUT2D eigenvalue weighted by Gasteiger charge is 2.21. The quantitative estimate of drug-likeness (QED) is 0.101. The molecule has 0 saturated heterocycles. The van der Waals surface area contributed by atoms with Gasteiger partial charge in [0.2, 0.25) is 0 Å². The predicted octanol–water partition coefficient (Wildman–Crippen LogP) is 22.1. The highest BCUT2D eigenvalue weighted by atomic mass is 16.3. The van der Waals surface area contributed by atoms with E-state index in [9.17, 15) is 0 Å². The van der Waals surface area contributed by atoms with Crippen molar-refractivity contribution >= 4 is 107 Å². The minimum absolute atomic E-state index is 0.419. The van der Waals surface area contributed by atoms with Gasteiger partial charge in [-0.05, 0) is 137 Å². The van der Waals surface area contributed by atoms with Crippen molar-refractivity contribution in [2.75, 3.05) is 0 Å². The van der Waals surface area contributed by atoms with E-state index >= 15 is 0 Å². The Kier molecular flexibility index (Phi) is 13.1. The summed E-state index contributed by atoms with van der Waals surface area (Å²) in [6.07, 6.45) is 20.7. The summed E-state index contributed by atoms with van der Waals surface area (Å²) in [7, 11) is 0. The van der Waals surface area contributed by atoms with Crippen LogP contribution in [0.1, 0.15) is 35.3 Å². The van der Waals surface area contributed by atoms with Crippen LogP contribution in [0.2, 0.25) is 0 Å². The Morgan fingerprint density at radius 3 is 1.71 bits per heavy atom. The van der Waals surface area contributed by atoms with E-state index in [1.165, 1.54) is 21.5 Å². The molecule has 430 valence electrons. The summed E-state index contributed by atoms with van der Waals surface area (Å²) in [5, 5.41) is 8.08. The van der Waals surface area contributed by atoms with Crippen LogP contribution in [0.15, 0.2) is 315 Å². The number of allylic oxidation sites excluding steroid dienone is 6. The van der Waals surface area contributed by atoms with E-state index in [1.54, 1.807) is 0 Å². The van der Waals surface area contributed by atoms with Crippen LogP contribution >= 0.6 is 0 Å². The molecule has 0 bridgehead atoms. The van der Waals surface area contributed by atoms with Crippen molar-refractivity contribution < 1.29 is 8.83 Å². The zero-order valence-corrected chi connectivity index (χ0v) is 49.7. The lowest BCUT2D eigenvalue weighted by atomic mass is 9.97. The van der Waals surface area contributed by atoms with Gasteiger partial charge in [0.05, 0.1) is 28.6 Å². The van der Waals surface area contributed by atoms with Crippen LogP contribution in [-0.2, 0) is 6.54 Å². The normalized spacial score (nSPS) is 13.5. The van der Waals surface area contributed by atoms with Crippen LogP contribution in [0.3, 0.4) is 0 Å². The molecule has 0 amide bonds. The van der Waals surface area contributed by atoms with Crippen LogP contribution < -0.4 is 0 Å². The summed E-state index contributed by atoms with van der Waals surface area (Å²) in [5.74, 6) is 2.04. The molecule has 15 aromatic rings. The van der Waals surface area contributed by atoms with Gasteiger partial charge in [-0.3, -0.25) is 4.99 Å². The Morgan fingerprint density at radius 1 is 0.407 bits per heavy atom. The summed E-state index contributed by atoms with van der Waals surface area (Å²) in [4.78, 5) is 14.5. The number of nitrogens with zero attached hydrogens (tertiary/aromatic N) is 5. The van der Waals surface area contributed by atoms with Crippen LogP contribution in [-0.4, -0.2) is 27.5 Å². The number of fused-ring (bicyclic) bond motifs is 12. The molecular formula is C84H57N5O2. The standard InChI is InChI=1S/C84H57N5O2/c1-85-83(58-20-6-2-3-7-21-58)87-84(59-22-8-4-9-23-59)86-53-54-19-16-24-64(49-54)89-75-32-14-12-25-67(75)72-51-61(42-47-76(72)89)62-43-48-78-74(52-62)73-50-60(55-35-37-56(38-36-55)65-28-17-30-70-68-26-10-5-11-33-79(68)90-81(65)70)41-46-77(73)88(78)63-44-39-57(40-45-63)66-29-18-31-71-69-27-13-15-34-80(69)91-82(66)71/h2,4,6-52H,1,3,5,53H2. The largest absolute Gasteiger partial charge is 0.455 e. The number of amidine groups is 2. The molecule has 17 rings (SSSR count). The molecule has 4 aromatic heterocycles. The molecule has 0 saturated carbocycles. The molecule has 0 spiro atoms. The maximum Gasteiger partial charge on any atom is 0.160 e. The fourth-order valence-corrected chi connectivity index (χ4v) is 13.6. The molecule has 0 aliphatic heterocycles. The molecular weight excluding hydrogens is 1110 g/mol. The van der Waals surface area contributed by atoms with E-state index in [2.05, 4.69) is 257 Å². The lowest BCUT2D eigenvalue weighted by molar-refractivity contribution is 0.604. The summed E-state index contributed by atoms with van der Waals surface area (Å²) < 4.78 is 17.9. The molecule has 0 N–H and O–H groups in total. The molecule has 11 aromatic carbocycles. The maximum atomic E-state index is 6.55. The van der Waals surface area contributed by atoms with Crippen molar-refractivity contribution in [1.82, 2.24) is 9.13 Å². The SMILES string of the molecule is C=NC(=NC(=NCc1cccc(-n2c3ccccc3c3cc(-c4ccc5c(c4)c4cc(-c6ccc(-c7cccc8c9c(oc78)C=CCC=C9)cc6)ccc4n5-c4ccc(-c5cccc6c5oc5ccccc56)cc4)ccc32)c1)c1ccccc1)C1=CC=CCC=C1. The van der Waals surface area contributed by atoms with E-state index in [1.807, 2.05) is 60.7 Å². The summed E-state index contributed by atoms with van der Waals surface area (Å²) in [6.45, 7) is 4.31. The first-order valence-electron chi connectivity index (χ1n) is 31.0. The fraction of sp³-hybridized carbons (Fsp3) is 0.0357. The molecule has 0 atom stereocenters. The lowest BCUT2D eigenvalue weighted by Gasteiger charge is -2.11. The predicted molar refractivity (Wildman–Crippen MR) is 381 cm³/mol. The van der Waals surface area contributed by atoms with E-state index in [4.69, 9.17) is 18.8 Å². The Morgan fingerprint density at radius 2 is 0.967 bits per heavy atom. The molecule has 2 aliphatic rings. The topological polar surface area (TPSA) is 73.2 Å². The van der Waals surface area contributed by atoms with Gasteiger partial charge in [0.15, 0.2) is 11.7 Å². The molecule has 4 heterocycles. The van der Waals surface area contributed by atoms with Crippen molar-refractivity contribution in [3.63, 3.8) is 0 Å². The molecule has 0 radical (unpaired) electrons. The Balaban J connectivity index is 0.754. The first kappa shape index (κ1) is 53.3. The van der Waals surface area contributed by atoms with Crippen molar-refractivity contribution in [2.24, 2.45) is 15.0 Å². The van der Waals surface area contributed by atoms with Crippen LogP contribution in [0.4, 0.5) is 0 Å². The molecule has 0 unspecified atom stereocenters. The van der Waals surface area contributed by atoms with Gasteiger partial charge < -0.3 is 18.0 Å². The van der Waals surface area contributed by atoms with Gasteiger partial charge >= 0.3 is 0 Å². The second-order valence-corrected chi connectivity index (χ2v) is 23.3. The molecule has 91 heavy (non-hydrogen) atoms. The third kappa shape index (κ3) is 9.41. The van der Waals surface area contributed by atoms with Crippen LogP contribution in [0.25, 0.3) is 145 Å². The number of rotatable bonds is 10. The molecule has 0 fully saturated rings. The van der Waals surface area contributed by atoms with Gasteiger partial charge in [-0.2, -0.15) is 0 Å². The first-order valence-corrected chi connectivity index (χ1v) is 31.0. The average molecular weight is 1170 g/mol. The van der Waals surface area contributed by atoms with E-state index in [-0.39, 0.29) is 0 Å². The van der Waals surface area contributed by atoms with E-state index < -0.39 is 0 Å². The highest BCUT2D eigenvalue weighted by molar-refractivity contribution is 6.16. The molecule has 7 nitrogen and oxygen atoms in total. The van der Waals surface area contributed by atoms with Crippen LogP contribution in [0, 0.1) is 0 Å². The number of benzene rings is 11. The third-order valence-electron chi connectivity index (χ3n) is 18.0. The smallest absolute Gasteiger partial charge is 0.160 e. The van der Waals surface area contributed by atoms with Gasteiger partial charge in [0.1, 0.15) is 22.5 Å². The van der Waals surface area contributed by atoms with E-state index in [0.717, 1.165) is 152 Å². The minimum Gasteiger partial charge on any atom is -0.455 e. The third-order valence-corrected chi connectivity index (χ3v) is 18.0. The second kappa shape index (κ2) is 22.3. The summed E-state index contributed by atoms with van der Waals surface area (Å²) in [6, 6.07) is 87.4. The highest BCUT2D eigenvalue weighted by Crippen LogP contribution is 2.43. The Bertz CT molecular complexity index is 5680. The van der Waals surface area contributed by atoms with Gasteiger partial charge in [-0.1, -0.05) is 218 Å². The van der Waals surface area contributed by atoms with Gasteiger partial charge in [0, 0.05) is 76.9 Å². The summed E-state index contributed by atoms with van der Waals surface area (Å²) in [5.41, 5.74) is 22.3. The zero-order chi connectivity index (χ0) is 60.4. The number of aromatic nitrogens is 2. The van der Waals surface area contributed by atoms with Gasteiger partial charge in [0.25, 0.3) is 0 Å². The number of para-hydroxylation sites is 4. The number of aliphatic imine (C=N–C) groups is 3. The minimum atomic E-state index is 0.419. The van der Waals surface area contributed by atoms with Crippen molar-refractivity contribution in [2.45, 2.75) is 19.4 Å². The molecule has 7 heteroatoms. The first-order chi connectivity index (χ1) is 45.1. The van der Waals surface area contributed by atoms with E-state index in [0.29, 0.717) is 18.2 Å². The summed E-state index contributed by atoms with van der Waals surface area (Å²) >= 11 is 0. The van der Waals surface area contributed by atoms with Crippen molar-refractivity contribution in [1.29, 1.82) is 0 Å². The average Bonchev–Trinajstić information content (AvgIpc) is 1.70. The monoisotopic (exact) mass is 1170 g/mol. The van der Waals surface area contributed by atoms with Gasteiger partial charge in [-0.15, -0.1) is 0 Å². The van der Waals surface area contributed by atoms with Crippen molar-refractivity contribution in [3.05, 3.63) is 313 Å². The Labute approximate surface area is 525 Å². The number of furan rings is 2. The maximum absolute atomic E-state index is 6.55. The number of hydrogen-bond donors (Lipinski definition) is 0. The number of hydrogen-bond acceptors (Lipinski definition) is 3. The fourth-order valence-electron chi connectivity index (χ4n) is 13.6. The Hall–Kier alpha value is -11.9. The van der Waals surface area contributed by atoms with Gasteiger partial charge in [-0.25, -0.2) is 9.98 Å².